The second-order valence-corrected chi connectivity index (χ2v) is 6.97. The van der Waals surface area contributed by atoms with E-state index in [4.69, 9.17) is 0 Å². The molecule has 0 unspecified atom stereocenters. The molecule has 1 fully saturated rings. The molecule has 10 heteroatoms. The van der Waals surface area contributed by atoms with Crippen LogP contribution in [0.1, 0.15) is 12.8 Å². The van der Waals surface area contributed by atoms with Gasteiger partial charge in [-0.15, -0.1) is 10.2 Å². The van der Waals surface area contributed by atoms with E-state index in [2.05, 4.69) is 40.5 Å². The first kappa shape index (κ1) is 17.3. The normalized spacial score (nSPS) is 16.8. The Morgan fingerprint density at radius 1 is 1.14 bits per heavy atom. The highest BCUT2D eigenvalue weighted by molar-refractivity contribution is 5.93. The van der Waals surface area contributed by atoms with Crippen LogP contribution in [0, 0.1) is 5.92 Å². The summed E-state index contributed by atoms with van der Waals surface area (Å²) in [4.78, 5) is 26.3. The van der Waals surface area contributed by atoms with Crippen molar-refractivity contribution in [3.8, 4) is 5.82 Å². The number of para-hydroxylation sites is 2. The van der Waals surface area contributed by atoms with Crippen LogP contribution in [0.2, 0.25) is 0 Å². The zero-order valence-electron chi connectivity index (χ0n) is 15.6. The molecule has 1 saturated heterocycles. The summed E-state index contributed by atoms with van der Waals surface area (Å²) in [5, 5.41) is 15.5. The van der Waals surface area contributed by atoms with Gasteiger partial charge in [0.2, 0.25) is 11.9 Å². The molecule has 5 rings (SSSR count). The predicted molar refractivity (Wildman–Crippen MR) is 107 cm³/mol. The number of nitrogens with one attached hydrogen (secondary N) is 2. The Morgan fingerprint density at radius 3 is 2.79 bits per heavy atom. The van der Waals surface area contributed by atoms with Crippen LogP contribution in [0.15, 0.2) is 49.1 Å². The molecule has 1 atom stereocenters. The van der Waals surface area contributed by atoms with Gasteiger partial charge in [-0.05, 0) is 37.1 Å². The third kappa shape index (κ3) is 3.51. The van der Waals surface area contributed by atoms with E-state index in [0.717, 1.165) is 36.2 Å². The Hall–Kier alpha value is -3.82. The average molecular weight is 389 g/mol. The van der Waals surface area contributed by atoms with Crippen LogP contribution in [0.4, 0.5) is 11.8 Å². The van der Waals surface area contributed by atoms with Crippen molar-refractivity contribution in [3.05, 3.63) is 49.1 Å². The van der Waals surface area contributed by atoms with Gasteiger partial charge in [0, 0.05) is 13.1 Å². The number of nitrogens with zero attached hydrogens (tertiary/aromatic N) is 7. The molecule has 4 aromatic rings. The highest BCUT2D eigenvalue weighted by Gasteiger charge is 2.27. The molecular formula is C19H19N9O. The molecule has 1 aliphatic heterocycles. The Labute approximate surface area is 166 Å². The van der Waals surface area contributed by atoms with Crippen LogP contribution in [0.3, 0.4) is 0 Å². The van der Waals surface area contributed by atoms with Crippen molar-refractivity contribution in [3.63, 3.8) is 0 Å². The number of carbonyl (C=O) groups is 1. The number of aromatic amines is 1. The molecule has 0 radical (unpaired) electrons. The summed E-state index contributed by atoms with van der Waals surface area (Å²) >= 11 is 0. The van der Waals surface area contributed by atoms with Gasteiger partial charge < -0.3 is 9.88 Å². The third-order valence-electron chi connectivity index (χ3n) is 5.04. The number of piperidine rings is 1. The maximum Gasteiger partial charge on any atom is 0.231 e. The van der Waals surface area contributed by atoms with Gasteiger partial charge in [0.05, 0.1) is 17.0 Å². The Bertz CT molecular complexity index is 1090. The molecule has 10 nitrogen and oxygen atoms in total. The molecule has 0 bridgehead atoms. The first-order valence-corrected chi connectivity index (χ1v) is 9.45. The van der Waals surface area contributed by atoms with Crippen molar-refractivity contribution in [2.45, 2.75) is 12.8 Å². The molecule has 0 spiro atoms. The number of carbonyl (C=O) groups excluding carboxylic acids is 1. The lowest BCUT2D eigenvalue weighted by Gasteiger charge is -2.32. The van der Waals surface area contributed by atoms with Gasteiger partial charge in [0.1, 0.15) is 12.7 Å². The minimum absolute atomic E-state index is 0.0408. The molecule has 3 aromatic heterocycles. The SMILES string of the molecule is O=C(Nc1nc2ccccc2[nH]1)[C@@H]1CCCN(c2ccc(-n3cncn3)nn2)C1. The van der Waals surface area contributed by atoms with E-state index in [0.29, 0.717) is 18.3 Å². The number of fused-ring (bicyclic) bond motifs is 1. The number of aromatic nitrogens is 7. The number of amides is 1. The number of hydrogen-bond acceptors (Lipinski definition) is 7. The molecule has 29 heavy (non-hydrogen) atoms. The Kier molecular flexibility index (Phi) is 4.35. The topological polar surface area (TPSA) is 118 Å². The summed E-state index contributed by atoms with van der Waals surface area (Å²) < 4.78 is 1.55. The van der Waals surface area contributed by atoms with Crippen LogP contribution in [-0.4, -0.2) is 53.9 Å². The van der Waals surface area contributed by atoms with E-state index < -0.39 is 0 Å². The van der Waals surface area contributed by atoms with E-state index >= 15 is 0 Å². The number of H-pyrrole nitrogens is 1. The summed E-state index contributed by atoms with van der Waals surface area (Å²) in [6, 6.07) is 11.4. The van der Waals surface area contributed by atoms with Gasteiger partial charge in [0.15, 0.2) is 11.6 Å². The van der Waals surface area contributed by atoms with Gasteiger partial charge in [-0.1, -0.05) is 12.1 Å². The maximum absolute atomic E-state index is 12.8. The molecule has 0 aliphatic carbocycles. The Morgan fingerprint density at radius 2 is 2.00 bits per heavy atom. The third-order valence-corrected chi connectivity index (χ3v) is 5.04. The van der Waals surface area contributed by atoms with Crippen molar-refractivity contribution < 1.29 is 4.79 Å². The van der Waals surface area contributed by atoms with Gasteiger partial charge in [-0.3, -0.25) is 10.1 Å². The predicted octanol–water partition coefficient (Wildman–Crippen LogP) is 1.79. The van der Waals surface area contributed by atoms with Crippen molar-refractivity contribution in [2.75, 3.05) is 23.3 Å². The molecular weight excluding hydrogens is 370 g/mol. The highest BCUT2D eigenvalue weighted by atomic mass is 16.2. The zero-order chi connectivity index (χ0) is 19.6. The van der Waals surface area contributed by atoms with Gasteiger partial charge in [-0.2, -0.15) is 5.10 Å². The second-order valence-electron chi connectivity index (χ2n) is 6.97. The minimum atomic E-state index is -0.145. The van der Waals surface area contributed by atoms with Gasteiger partial charge in [0.25, 0.3) is 0 Å². The summed E-state index contributed by atoms with van der Waals surface area (Å²) in [7, 11) is 0. The summed E-state index contributed by atoms with van der Waals surface area (Å²) in [6.07, 6.45) is 4.76. The second kappa shape index (κ2) is 7.30. The lowest BCUT2D eigenvalue weighted by Crippen LogP contribution is -2.41. The number of rotatable bonds is 4. The van der Waals surface area contributed by atoms with Crippen molar-refractivity contribution >= 4 is 28.7 Å². The monoisotopic (exact) mass is 389 g/mol. The van der Waals surface area contributed by atoms with Crippen molar-refractivity contribution in [1.29, 1.82) is 0 Å². The number of anilines is 2. The number of imidazole rings is 1. The van der Waals surface area contributed by atoms with E-state index in [1.54, 1.807) is 11.0 Å². The number of hydrogen-bond donors (Lipinski definition) is 2. The van der Waals surface area contributed by atoms with Crippen LogP contribution in [0.5, 0.6) is 0 Å². The molecule has 1 aliphatic rings. The van der Waals surface area contributed by atoms with E-state index in [1.807, 2.05) is 36.4 Å². The fourth-order valence-corrected chi connectivity index (χ4v) is 3.57. The number of benzene rings is 1. The smallest absolute Gasteiger partial charge is 0.231 e. The fraction of sp³-hybridized carbons (Fsp3) is 0.263. The van der Waals surface area contributed by atoms with Gasteiger partial charge in [-0.25, -0.2) is 14.6 Å². The van der Waals surface area contributed by atoms with E-state index in [9.17, 15) is 4.79 Å². The van der Waals surface area contributed by atoms with E-state index in [-0.39, 0.29) is 11.8 Å². The highest BCUT2D eigenvalue weighted by Crippen LogP contribution is 2.23. The molecule has 1 aromatic carbocycles. The van der Waals surface area contributed by atoms with Crippen molar-refractivity contribution in [1.82, 2.24) is 34.9 Å². The summed E-state index contributed by atoms with van der Waals surface area (Å²) in [6.45, 7) is 1.43. The van der Waals surface area contributed by atoms with Gasteiger partial charge >= 0.3 is 0 Å². The largest absolute Gasteiger partial charge is 0.354 e. The lowest BCUT2D eigenvalue weighted by molar-refractivity contribution is -0.120. The summed E-state index contributed by atoms with van der Waals surface area (Å²) in [5.41, 5.74) is 1.73. The summed E-state index contributed by atoms with van der Waals surface area (Å²) in [5.74, 6) is 1.64. The van der Waals surface area contributed by atoms with Crippen LogP contribution < -0.4 is 10.2 Å². The van der Waals surface area contributed by atoms with Crippen molar-refractivity contribution in [2.24, 2.45) is 5.92 Å². The first-order valence-electron chi connectivity index (χ1n) is 9.45. The Balaban J connectivity index is 1.26. The minimum Gasteiger partial charge on any atom is -0.354 e. The van der Waals surface area contributed by atoms with Crippen LogP contribution in [0.25, 0.3) is 16.9 Å². The molecule has 0 saturated carbocycles. The standard InChI is InChI=1S/C19H19N9O/c29-18(24-19-22-14-5-1-2-6-15(14)23-19)13-4-3-9-27(10-13)16-7-8-17(26-25-16)28-12-20-11-21-28/h1-2,5-8,11-13H,3-4,9-10H2,(H2,22,23,24,29)/t13-/m1/s1. The van der Waals surface area contributed by atoms with E-state index in [1.165, 1.54) is 6.33 Å². The average Bonchev–Trinajstić information content (AvgIpc) is 3.43. The molecule has 4 heterocycles. The first-order chi connectivity index (χ1) is 14.3. The van der Waals surface area contributed by atoms with Crippen LogP contribution >= 0.6 is 0 Å². The quantitative estimate of drug-likeness (QED) is 0.546. The van der Waals surface area contributed by atoms with Crippen LogP contribution in [-0.2, 0) is 4.79 Å². The molecule has 146 valence electrons. The molecule has 2 N–H and O–H groups in total. The lowest BCUT2D eigenvalue weighted by atomic mass is 9.97. The maximum atomic E-state index is 12.8. The molecule has 1 amide bonds. The zero-order valence-corrected chi connectivity index (χ0v) is 15.6. The fourth-order valence-electron chi connectivity index (χ4n) is 3.57.